The molecule has 5 rings (SSSR count). The van der Waals surface area contributed by atoms with E-state index in [-0.39, 0.29) is 53.9 Å². The number of rotatable bonds is 15. The Morgan fingerprint density at radius 2 is 1.41 bits per heavy atom. The third-order valence-electron chi connectivity index (χ3n) is 12.1. The van der Waals surface area contributed by atoms with E-state index in [0.29, 0.717) is 12.8 Å². The van der Waals surface area contributed by atoms with E-state index in [1.165, 1.54) is 11.0 Å². The smallest absolute Gasteiger partial charge is 0.346 e. The van der Waals surface area contributed by atoms with Crippen molar-refractivity contribution >= 4 is 35.3 Å². The summed E-state index contributed by atoms with van der Waals surface area (Å²) >= 11 is 0. The van der Waals surface area contributed by atoms with Crippen LogP contribution in [0.3, 0.4) is 0 Å². The molecular formula is C37H54F3N5O6. The molecule has 5 fully saturated rings. The molecule has 14 heteroatoms. The van der Waals surface area contributed by atoms with Crippen molar-refractivity contribution in [1.82, 2.24) is 26.2 Å². The average molecular weight is 722 g/mol. The van der Waals surface area contributed by atoms with Gasteiger partial charge in [-0.05, 0) is 74.0 Å². The minimum absolute atomic E-state index is 0.0364. The summed E-state index contributed by atoms with van der Waals surface area (Å²) < 4.78 is 39.8. The molecule has 0 aromatic carbocycles. The first-order valence-electron chi connectivity index (χ1n) is 18.8. The number of alkyl halides is 3. The van der Waals surface area contributed by atoms with Crippen molar-refractivity contribution in [1.29, 1.82) is 0 Å². The molecule has 1 heterocycles. The number of urea groups is 1. The second kappa shape index (κ2) is 16.1. The van der Waals surface area contributed by atoms with Gasteiger partial charge in [-0.1, -0.05) is 58.4 Å². The van der Waals surface area contributed by atoms with Gasteiger partial charge < -0.3 is 26.2 Å². The highest BCUT2D eigenvalue weighted by Crippen LogP contribution is 2.65. The van der Waals surface area contributed by atoms with Crippen molar-refractivity contribution in [2.24, 2.45) is 35.0 Å². The third-order valence-corrected chi connectivity index (χ3v) is 12.1. The molecule has 4 saturated carbocycles. The predicted molar refractivity (Wildman–Crippen MR) is 182 cm³/mol. The predicted octanol–water partition coefficient (Wildman–Crippen LogP) is 4.34. The van der Waals surface area contributed by atoms with E-state index in [2.05, 4.69) is 27.8 Å². The first-order valence-corrected chi connectivity index (χ1v) is 18.8. The number of amides is 5. The number of halogens is 3. The van der Waals surface area contributed by atoms with Crippen LogP contribution in [-0.2, 0) is 24.0 Å². The molecule has 5 aliphatic rings. The highest BCUT2D eigenvalue weighted by Gasteiger charge is 2.70. The van der Waals surface area contributed by atoms with E-state index in [4.69, 9.17) is 0 Å². The van der Waals surface area contributed by atoms with E-state index in [9.17, 15) is 41.9 Å². The van der Waals surface area contributed by atoms with Crippen LogP contribution in [0.15, 0.2) is 12.7 Å². The molecular weight excluding hydrogens is 667 g/mol. The molecule has 0 bridgehead atoms. The Hall–Kier alpha value is -3.45. The fourth-order valence-electron chi connectivity index (χ4n) is 8.92. The van der Waals surface area contributed by atoms with Gasteiger partial charge in [0.1, 0.15) is 12.1 Å². The summed E-state index contributed by atoms with van der Waals surface area (Å²) in [5, 5.41) is 10.5. The Morgan fingerprint density at radius 3 is 1.96 bits per heavy atom. The molecule has 0 radical (unpaired) electrons. The number of nitrogens with one attached hydrogen (secondary N) is 4. The Kier molecular flexibility index (Phi) is 12.2. The maximum Gasteiger partial charge on any atom is 0.389 e. The molecule has 5 amide bonds. The topological polar surface area (TPSA) is 154 Å². The summed E-state index contributed by atoms with van der Waals surface area (Å²) in [6.45, 7) is 7.46. The lowest BCUT2D eigenvalue weighted by Gasteiger charge is -2.37. The first kappa shape index (κ1) is 38.8. The lowest BCUT2D eigenvalue weighted by molar-refractivity contribution is -0.147. The third kappa shape index (κ3) is 9.32. The molecule has 4 N–H and O–H groups in total. The van der Waals surface area contributed by atoms with Crippen molar-refractivity contribution in [2.75, 3.05) is 13.1 Å². The second-order valence-corrected chi connectivity index (χ2v) is 16.0. The van der Waals surface area contributed by atoms with E-state index in [0.717, 1.165) is 64.2 Å². The lowest BCUT2D eigenvalue weighted by atomic mass is 9.81. The van der Waals surface area contributed by atoms with Gasteiger partial charge in [0.25, 0.3) is 5.91 Å². The van der Waals surface area contributed by atoms with Crippen molar-refractivity contribution in [3.05, 3.63) is 12.7 Å². The van der Waals surface area contributed by atoms with Gasteiger partial charge in [-0.25, -0.2) is 4.79 Å². The molecule has 1 saturated heterocycles. The second-order valence-electron chi connectivity index (χ2n) is 16.0. The summed E-state index contributed by atoms with van der Waals surface area (Å²) in [6.07, 6.45) is 4.89. The van der Waals surface area contributed by atoms with Gasteiger partial charge in [-0.15, -0.1) is 6.58 Å². The van der Waals surface area contributed by atoms with Crippen LogP contribution in [0.1, 0.15) is 104 Å². The number of piperidine rings is 1. The van der Waals surface area contributed by atoms with Crippen molar-refractivity contribution in [3.63, 3.8) is 0 Å². The van der Waals surface area contributed by atoms with Crippen LogP contribution in [0, 0.1) is 35.0 Å². The monoisotopic (exact) mass is 721 g/mol. The molecule has 0 aromatic rings. The molecule has 1 unspecified atom stereocenters. The number of carbonyl (C=O) groups is 6. The number of hydrogen-bond donors (Lipinski definition) is 4. The van der Waals surface area contributed by atoms with Crippen LogP contribution in [0.25, 0.3) is 0 Å². The number of carbonyl (C=O) groups excluding carboxylic acids is 6. The Bertz CT molecular complexity index is 1350. The molecule has 51 heavy (non-hydrogen) atoms. The van der Waals surface area contributed by atoms with Gasteiger partial charge in [0.2, 0.25) is 17.6 Å². The van der Waals surface area contributed by atoms with Gasteiger partial charge in [0.05, 0.1) is 12.1 Å². The highest BCUT2D eigenvalue weighted by atomic mass is 19.4. The number of Topliss-reactive ketones (excluding diaryl/α,β-unsaturated/α-hetero) is 2. The zero-order chi connectivity index (χ0) is 37.1. The Labute approximate surface area is 298 Å². The van der Waals surface area contributed by atoms with Crippen LogP contribution in [0.4, 0.5) is 18.0 Å². The minimum Gasteiger partial charge on any atom is -0.346 e. The molecule has 0 spiro atoms. The van der Waals surface area contributed by atoms with Crippen molar-refractivity contribution < 1.29 is 41.9 Å². The number of ketones is 2. The largest absolute Gasteiger partial charge is 0.389 e. The van der Waals surface area contributed by atoms with E-state index in [1.54, 1.807) is 0 Å². The average Bonchev–Trinajstić information content (AvgIpc) is 3.99. The van der Waals surface area contributed by atoms with Crippen LogP contribution in [0.2, 0.25) is 0 Å². The lowest BCUT2D eigenvalue weighted by Crippen LogP contribution is -2.61. The normalized spacial score (nSPS) is 26.5. The van der Waals surface area contributed by atoms with Crippen molar-refractivity contribution in [2.45, 2.75) is 134 Å². The molecule has 4 aliphatic carbocycles. The number of likely N-dealkylation sites (tertiary alicyclic amines) is 1. The first-order chi connectivity index (χ1) is 24.1. The molecule has 1 aliphatic heterocycles. The van der Waals surface area contributed by atoms with Crippen LogP contribution in [0.5, 0.6) is 0 Å². The fourth-order valence-corrected chi connectivity index (χ4v) is 8.92. The zero-order valence-corrected chi connectivity index (χ0v) is 29.8. The maximum atomic E-state index is 14.6. The molecule has 11 nitrogen and oxygen atoms in total. The molecule has 0 aromatic heterocycles. The van der Waals surface area contributed by atoms with Gasteiger partial charge in [-0.3, -0.25) is 24.0 Å². The van der Waals surface area contributed by atoms with Crippen LogP contribution < -0.4 is 21.3 Å². The highest BCUT2D eigenvalue weighted by molar-refractivity contribution is 6.38. The Morgan fingerprint density at radius 1 is 0.843 bits per heavy atom. The number of nitrogens with zero attached hydrogens (tertiary/aromatic N) is 1. The quantitative estimate of drug-likeness (QED) is 0.146. The summed E-state index contributed by atoms with van der Waals surface area (Å²) in [5.41, 5.74) is -0.354. The van der Waals surface area contributed by atoms with E-state index >= 15 is 0 Å². The molecule has 6 atom stereocenters. The fraction of sp³-hybridized carbons (Fsp3) is 0.784. The van der Waals surface area contributed by atoms with Gasteiger partial charge in [-0.2, -0.15) is 13.2 Å². The zero-order valence-electron chi connectivity index (χ0n) is 29.8. The number of fused-ring (bicyclic) bond motifs is 1. The van der Waals surface area contributed by atoms with Crippen LogP contribution >= 0.6 is 0 Å². The van der Waals surface area contributed by atoms with Crippen molar-refractivity contribution in [3.8, 4) is 0 Å². The Balaban J connectivity index is 1.35. The minimum atomic E-state index is -4.64. The summed E-state index contributed by atoms with van der Waals surface area (Å²) in [4.78, 5) is 82.5. The standard InChI is InChI=1S/C37H54F3N5O6/c1-4-19-41-33(49)31(47)25(17-18-37(38,39)40)42-32(48)29-26-24(36(26,2)3)20-45(29)34(50)28(22-13-9-6-10-14-22)44-35(51)43-27(30(46)23-15-16-23)21-11-7-5-8-12-21/h4,21-29H,1,5-20H2,2-3H3,(H,41,49)(H,42,48)(H2,43,44,51)/t24-,25?,26-,27-,28-,29-/m0/s1. The van der Waals surface area contributed by atoms with E-state index < -0.39 is 72.7 Å². The SMILES string of the molecule is C=CCNC(=O)C(=O)C(CCC(F)(F)F)NC(=O)[C@@H]1[C@@H]2[C@H](CN1C(=O)[C@@H](NC(=O)N[C@H](C(=O)C1CC1)C1CCCCC1)C1CCCCC1)C2(C)C. The number of hydrogen-bond acceptors (Lipinski definition) is 6. The summed E-state index contributed by atoms with van der Waals surface area (Å²) in [5.74, 6) is -4.23. The van der Waals surface area contributed by atoms with Gasteiger partial charge in [0, 0.05) is 25.4 Å². The molecule has 284 valence electrons. The summed E-state index contributed by atoms with van der Waals surface area (Å²) in [7, 11) is 0. The summed E-state index contributed by atoms with van der Waals surface area (Å²) in [6, 6.07) is -5.10. The van der Waals surface area contributed by atoms with E-state index in [1.807, 2.05) is 13.8 Å². The van der Waals surface area contributed by atoms with Crippen LogP contribution in [-0.4, -0.2) is 83.7 Å². The maximum absolute atomic E-state index is 14.6. The van der Waals surface area contributed by atoms with Gasteiger partial charge in [0.15, 0.2) is 5.78 Å². The van der Waals surface area contributed by atoms with Gasteiger partial charge >= 0.3 is 12.2 Å².